The first-order valence-corrected chi connectivity index (χ1v) is 14.8. The lowest BCUT2D eigenvalue weighted by molar-refractivity contribution is -0.732. The van der Waals surface area contributed by atoms with Crippen molar-refractivity contribution in [1.82, 2.24) is 14.5 Å². The molecule has 226 valence electrons. The van der Waals surface area contributed by atoms with Gasteiger partial charge in [-0.25, -0.2) is 9.36 Å². The third-order valence-corrected chi connectivity index (χ3v) is 8.15. The first kappa shape index (κ1) is 30.1. The molecule has 0 spiro atoms. The molecule has 5 rings (SSSR count). The minimum Gasteiger partial charge on any atom is -0.444 e. The first-order chi connectivity index (χ1) is 20.5. The Labute approximate surface area is 252 Å². The predicted octanol–water partition coefficient (Wildman–Crippen LogP) is 4.91. The van der Waals surface area contributed by atoms with Gasteiger partial charge in [0.15, 0.2) is 5.78 Å². The number of carbonyl (C=O) groups is 3. The molecule has 1 amide bonds. The van der Waals surface area contributed by atoms with Crippen LogP contribution in [0.25, 0.3) is 10.9 Å². The maximum absolute atomic E-state index is 13.7. The largest absolute Gasteiger partial charge is 0.444 e. The number of hydrogen-bond donors (Lipinski definition) is 1. The van der Waals surface area contributed by atoms with E-state index < -0.39 is 23.6 Å². The van der Waals surface area contributed by atoms with Crippen molar-refractivity contribution < 1.29 is 28.4 Å². The van der Waals surface area contributed by atoms with Crippen molar-refractivity contribution in [3.63, 3.8) is 0 Å². The van der Waals surface area contributed by atoms with Gasteiger partial charge in [-0.3, -0.25) is 9.59 Å². The number of fused-ring (bicyclic) bond motifs is 3. The summed E-state index contributed by atoms with van der Waals surface area (Å²) >= 11 is 0. The van der Waals surface area contributed by atoms with Crippen LogP contribution in [0.15, 0.2) is 67.0 Å². The highest BCUT2D eigenvalue weighted by Gasteiger charge is 2.34. The van der Waals surface area contributed by atoms with Gasteiger partial charge in [-0.1, -0.05) is 48.5 Å². The molecule has 2 unspecified atom stereocenters. The van der Waals surface area contributed by atoms with E-state index in [2.05, 4.69) is 20.5 Å². The van der Waals surface area contributed by atoms with Crippen molar-refractivity contribution in [1.29, 1.82) is 0 Å². The number of aryl methyl sites for hydroxylation is 1. The lowest BCUT2D eigenvalue weighted by Crippen LogP contribution is -2.42. The molecule has 2 heterocycles. The maximum Gasteiger partial charge on any atom is 0.407 e. The van der Waals surface area contributed by atoms with Crippen LogP contribution in [0.5, 0.6) is 0 Å². The Kier molecular flexibility index (Phi) is 8.71. The van der Waals surface area contributed by atoms with Crippen LogP contribution < -0.4 is 9.88 Å². The van der Waals surface area contributed by atoms with Gasteiger partial charge in [0.05, 0.1) is 11.8 Å². The molecule has 0 radical (unpaired) electrons. The molecule has 1 aliphatic rings. The topological polar surface area (TPSA) is 95.4 Å². The molecular formula is C34H41N4O5+. The van der Waals surface area contributed by atoms with Crippen molar-refractivity contribution in [2.45, 2.75) is 65.8 Å². The summed E-state index contributed by atoms with van der Waals surface area (Å²) in [6.45, 7) is 8.01. The number of para-hydroxylation sites is 1. The Hall–Kier alpha value is -4.40. The first-order valence-electron chi connectivity index (χ1n) is 14.8. The number of alkyl carbamates (subject to hydrolysis) is 1. The maximum atomic E-state index is 13.7. The number of Topliss-reactive ketones (excluding diaryl/α,β-unsaturated/α-hetero) is 1. The summed E-state index contributed by atoms with van der Waals surface area (Å²) in [5.41, 5.74) is 3.38. The summed E-state index contributed by atoms with van der Waals surface area (Å²) < 4.78 is 17.1. The second-order valence-electron chi connectivity index (χ2n) is 12.3. The second kappa shape index (κ2) is 12.5. The summed E-state index contributed by atoms with van der Waals surface area (Å²) in [5.74, 6) is -0.0612. The number of imidazole rings is 1. The highest BCUT2D eigenvalue weighted by molar-refractivity contribution is 6.11. The van der Waals surface area contributed by atoms with Gasteiger partial charge in [0, 0.05) is 42.7 Å². The molecule has 1 N–H and O–H groups in total. The molecule has 2 aromatic heterocycles. The molecule has 0 aliphatic heterocycles. The Balaban J connectivity index is 1.23. The zero-order valence-corrected chi connectivity index (χ0v) is 25.6. The van der Waals surface area contributed by atoms with Gasteiger partial charge in [-0.2, -0.15) is 4.57 Å². The number of nitrogens with zero attached hydrogens (tertiary/aromatic N) is 3. The van der Waals surface area contributed by atoms with E-state index in [0.29, 0.717) is 13.0 Å². The van der Waals surface area contributed by atoms with E-state index in [4.69, 9.17) is 9.47 Å². The number of amides is 1. The normalized spacial score (nSPS) is 15.7. The number of ketones is 1. The van der Waals surface area contributed by atoms with E-state index >= 15 is 0 Å². The molecule has 9 nitrogen and oxygen atoms in total. The molecule has 9 heteroatoms. The molecule has 0 bridgehead atoms. The zero-order valence-electron chi connectivity index (χ0n) is 25.6. The van der Waals surface area contributed by atoms with Crippen LogP contribution in [0.1, 0.15) is 54.6 Å². The number of benzene rings is 2. The van der Waals surface area contributed by atoms with Crippen LogP contribution >= 0.6 is 0 Å². The minimum atomic E-state index is -0.639. The molecule has 4 aromatic rings. The fourth-order valence-corrected chi connectivity index (χ4v) is 5.85. The van der Waals surface area contributed by atoms with Crippen molar-refractivity contribution in [3.8, 4) is 0 Å². The van der Waals surface area contributed by atoms with Crippen LogP contribution in [-0.4, -0.2) is 39.1 Å². The molecule has 0 saturated heterocycles. The van der Waals surface area contributed by atoms with Gasteiger partial charge in [-0.15, -0.1) is 0 Å². The Morgan fingerprint density at radius 2 is 1.81 bits per heavy atom. The smallest absolute Gasteiger partial charge is 0.407 e. The Morgan fingerprint density at radius 3 is 2.56 bits per heavy atom. The Bertz CT molecular complexity index is 1630. The van der Waals surface area contributed by atoms with E-state index in [9.17, 15) is 14.4 Å². The summed E-state index contributed by atoms with van der Waals surface area (Å²) in [6, 6.07) is 17.7. The van der Waals surface area contributed by atoms with Gasteiger partial charge in [0.25, 0.3) is 5.82 Å². The van der Waals surface area contributed by atoms with Crippen LogP contribution in [0.4, 0.5) is 4.79 Å². The van der Waals surface area contributed by atoms with Gasteiger partial charge >= 0.3 is 12.1 Å². The number of rotatable bonds is 9. The minimum absolute atomic E-state index is 0.0292. The van der Waals surface area contributed by atoms with Crippen LogP contribution in [0.3, 0.4) is 0 Å². The van der Waals surface area contributed by atoms with Crippen LogP contribution in [0.2, 0.25) is 0 Å². The predicted molar refractivity (Wildman–Crippen MR) is 162 cm³/mol. The van der Waals surface area contributed by atoms with Crippen molar-refractivity contribution in [2.24, 2.45) is 18.9 Å². The standard InChI is InChI=1S/C34H40N4O5/c1-23-37(21-25-15-16-29-30(31(25)39)27-13-9-10-14-28(27)36(29)5)17-18-38(23)22-42-32(40)26(19-24-11-7-6-8-12-24)20-35-33(41)43-34(2,3)4/h6-14,17-18,25-26H,15-16,19-22H2,1-5H3/p+1. The van der Waals surface area contributed by atoms with E-state index in [-0.39, 0.29) is 25.0 Å². The second-order valence-corrected chi connectivity index (χ2v) is 12.3. The third-order valence-electron chi connectivity index (χ3n) is 8.15. The summed E-state index contributed by atoms with van der Waals surface area (Å²) in [6.07, 6.45) is 5.28. The average molecular weight is 586 g/mol. The van der Waals surface area contributed by atoms with Gasteiger partial charge in [0.2, 0.25) is 6.73 Å². The number of carbonyl (C=O) groups excluding carboxylic acids is 3. The third kappa shape index (κ3) is 6.82. The summed E-state index contributed by atoms with van der Waals surface area (Å²) in [7, 11) is 2.03. The highest BCUT2D eigenvalue weighted by Crippen LogP contribution is 2.34. The van der Waals surface area contributed by atoms with E-state index in [1.165, 1.54) is 0 Å². The SMILES string of the molecule is Cc1n(CC2CCc3c(c4ccccc4n3C)C2=O)cc[n+]1COC(=O)C(CNC(=O)OC(C)(C)C)Cc1ccccc1. The van der Waals surface area contributed by atoms with Crippen LogP contribution in [0, 0.1) is 18.8 Å². The molecule has 0 fully saturated rings. The fraction of sp³-hybridized carbons (Fsp3) is 0.412. The Morgan fingerprint density at radius 1 is 1.09 bits per heavy atom. The molecule has 2 atom stereocenters. The molecule has 43 heavy (non-hydrogen) atoms. The average Bonchev–Trinajstić information content (AvgIpc) is 3.47. The van der Waals surface area contributed by atoms with Gasteiger partial charge in [0.1, 0.15) is 24.5 Å². The van der Waals surface area contributed by atoms with Gasteiger partial charge in [-0.05, 0) is 51.7 Å². The van der Waals surface area contributed by atoms with Crippen molar-refractivity contribution >= 4 is 28.7 Å². The van der Waals surface area contributed by atoms with E-state index in [1.807, 2.05) is 79.5 Å². The van der Waals surface area contributed by atoms with Gasteiger partial charge < -0.3 is 19.4 Å². The van der Waals surface area contributed by atoms with Crippen LogP contribution in [-0.2, 0) is 47.4 Å². The van der Waals surface area contributed by atoms with E-state index in [1.54, 1.807) is 20.8 Å². The highest BCUT2D eigenvalue weighted by atomic mass is 16.6. The molecule has 0 saturated carbocycles. The number of esters is 1. The number of aromatic nitrogens is 3. The molecule has 1 aliphatic carbocycles. The fourth-order valence-electron chi connectivity index (χ4n) is 5.85. The number of hydrogen-bond acceptors (Lipinski definition) is 5. The van der Waals surface area contributed by atoms with Crippen molar-refractivity contribution in [2.75, 3.05) is 6.54 Å². The lowest BCUT2D eigenvalue weighted by Gasteiger charge is -2.21. The number of ether oxygens (including phenoxy) is 2. The zero-order chi connectivity index (χ0) is 30.7. The molecular weight excluding hydrogens is 544 g/mol. The summed E-state index contributed by atoms with van der Waals surface area (Å²) in [4.78, 5) is 39.2. The lowest BCUT2D eigenvalue weighted by atomic mass is 9.85. The van der Waals surface area contributed by atoms with E-state index in [0.717, 1.165) is 46.4 Å². The summed E-state index contributed by atoms with van der Waals surface area (Å²) in [5, 5.41) is 3.74. The monoisotopic (exact) mass is 585 g/mol. The number of nitrogens with one attached hydrogen (secondary N) is 1. The van der Waals surface area contributed by atoms with Crippen molar-refractivity contribution in [3.05, 3.63) is 89.6 Å². The molecule has 2 aromatic carbocycles. The quantitative estimate of drug-likeness (QED) is 0.223.